The highest BCUT2D eigenvalue weighted by molar-refractivity contribution is 6.39. The molecule has 1 unspecified atom stereocenters. The maximum Gasteiger partial charge on any atom is 0.329 e. The van der Waals surface area contributed by atoms with E-state index in [9.17, 15) is 39.6 Å². The largest absolute Gasteiger partial charge is 0.456 e. The van der Waals surface area contributed by atoms with Gasteiger partial charge in [0.05, 0.1) is 43.7 Å². The number of hydrogen-bond donors (Lipinski definition) is 4. The van der Waals surface area contributed by atoms with Crippen molar-refractivity contribution in [3.63, 3.8) is 0 Å². The Morgan fingerprint density at radius 2 is 1.66 bits per heavy atom. The predicted molar refractivity (Wildman–Crippen MR) is 254 cm³/mol. The van der Waals surface area contributed by atoms with Crippen LogP contribution in [0.2, 0.25) is 0 Å². The van der Waals surface area contributed by atoms with Crippen molar-refractivity contribution in [2.45, 2.75) is 179 Å². The Kier molecular flexibility index (Phi) is 20.0. The highest BCUT2D eigenvalue weighted by Crippen LogP contribution is 2.40. The molecule has 4 N–H and O–H groups in total. The van der Waals surface area contributed by atoms with Gasteiger partial charge in [-0.05, 0) is 95.5 Å². The number of esters is 1. The van der Waals surface area contributed by atoms with Crippen LogP contribution in [0.25, 0.3) is 0 Å². The number of carbonyl (C=O) groups is 4. The van der Waals surface area contributed by atoms with E-state index in [1.807, 2.05) is 37.5 Å². The summed E-state index contributed by atoms with van der Waals surface area (Å²) in [5.74, 6) is -7.53. The average Bonchev–Trinajstić information content (AvgIpc) is 3.83. The Hall–Kier alpha value is -3.76. The number of nitrogens with zero attached hydrogens (tertiary/aromatic N) is 5. The summed E-state index contributed by atoms with van der Waals surface area (Å²) in [6.45, 7) is 10.5. The number of aliphatic hydroxyl groups excluding tert-OH is 3. The van der Waals surface area contributed by atoms with Crippen LogP contribution in [0, 0.1) is 29.6 Å². The van der Waals surface area contributed by atoms with E-state index >= 15 is 0 Å². The van der Waals surface area contributed by atoms with E-state index in [2.05, 4.69) is 10.2 Å². The number of allylic oxidation sites excluding steroid dienone is 4. The topological polar surface area (TPSA) is 242 Å². The van der Waals surface area contributed by atoms with E-state index in [4.69, 9.17) is 28.4 Å². The van der Waals surface area contributed by atoms with Gasteiger partial charge in [-0.15, -0.1) is 10.2 Å². The lowest BCUT2D eigenvalue weighted by Gasteiger charge is -2.47. The van der Waals surface area contributed by atoms with Gasteiger partial charge in [0.2, 0.25) is 12.2 Å². The fourth-order valence-corrected chi connectivity index (χ4v) is 11.2. The van der Waals surface area contributed by atoms with Crippen LogP contribution in [0.15, 0.2) is 41.8 Å². The molecule has 1 aromatic heterocycles. The number of cyclic esters (lactones) is 1. The Bertz CT molecular complexity index is 2030. The summed E-state index contributed by atoms with van der Waals surface area (Å²) in [4.78, 5) is 60.7. The van der Waals surface area contributed by atoms with Crippen LogP contribution in [0.4, 0.5) is 0 Å². The summed E-state index contributed by atoms with van der Waals surface area (Å²) in [5.41, 5.74) is 1.53. The Morgan fingerprint density at radius 1 is 0.929 bits per heavy atom. The van der Waals surface area contributed by atoms with Gasteiger partial charge < -0.3 is 58.3 Å². The number of piperidine rings is 1. The second-order valence-corrected chi connectivity index (χ2v) is 20.5. The third kappa shape index (κ3) is 13.3. The second kappa shape index (κ2) is 25.3. The van der Waals surface area contributed by atoms with Gasteiger partial charge in [-0.3, -0.25) is 14.4 Å². The van der Waals surface area contributed by atoms with E-state index in [1.54, 1.807) is 44.3 Å². The van der Waals surface area contributed by atoms with Crippen LogP contribution < -0.4 is 0 Å². The fraction of sp³-hybridized carbons (Fsp3) is 0.765. The zero-order chi connectivity index (χ0) is 50.9. The normalized spacial score (nSPS) is 37.5. The first-order chi connectivity index (χ1) is 33.4. The lowest BCUT2D eigenvalue weighted by molar-refractivity contribution is -0.302. The molecule has 4 aliphatic heterocycles. The van der Waals surface area contributed by atoms with Crippen molar-refractivity contribution < 1.29 is 68.0 Å². The van der Waals surface area contributed by atoms with Crippen LogP contribution in [-0.2, 0) is 60.7 Å². The van der Waals surface area contributed by atoms with Gasteiger partial charge in [-0.25, -0.2) is 9.69 Å². The molecule has 392 valence electrons. The van der Waals surface area contributed by atoms with Crippen LogP contribution in [0.3, 0.4) is 0 Å². The van der Waals surface area contributed by atoms with Gasteiger partial charge in [0.1, 0.15) is 36.2 Å². The Morgan fingerprint density at radius 3 is 2.37 bits per heavy atom. The van der Waals surface area contributed by atoms with Crippen molar-refractivity contribution in [1.82, 2.24) is 24.6 Å². The van der Waals surface area contributed by atoms with Crippen molar-refractivity contribution in [2.24, 2.45) is 29.6 Å². The molecule has 1 saturated carbocycles. The van der Waals surface area contributed by atoms with Gasteiger partial charge in [0, 0.05) is 65.1 Å². The maximum atomic E-state index is 14.6. The van der Waals surface area contributed by atoms with Crippen LogP contribution in [0.5, 0.6) is 0 Å². The van der Waals surface area contributed by atoms with Crippen molar-refractivity contribution in [1.29, 1.82) is 0 Å². The van der Waals surface area contributed by atoms with E-state index in [0.717, 1.165) is 11.4 Å². The number of aliphatic hydroxyl groups is 4. The highest BCUT2D eigenvalue weighted by Gasteiger charge is 2.56. The monoisotopic (exact) mass is 986 g/mol. The summed E-state index contributed by atoms with van der Waals surface area (Å²) >= 11 is 0. The molecule has 2 saturated heterocycles. The minimum atomic E-state index is -2.55. The molecule has 2 bridgehead atoms. The van der Waals surface area contributed by atoms with Crippen LogP contribution in [0.1, 0.15) is 111 Å². The number of rotatable bonds is 11. The molecular weight excluding hydrogens is 907 g/mol. The molecule has 19 nitrogen and oxygen atoms in total. The number of methoxy groups -OCH3 is 3. The molecule has 1 amide bonds. The van der Waals surface area contributed by atoms with Gasteiger partial charge in [-0.2, -0.15) is 0 Å². The third-order valence-electron chi connectivity index (χ3n) is 15.4. The number of ether oxygens (including phenoxy) is 6. The Labute approximate surface area is 412 Å². The molecule has 15 atom stereocenters. The minimum Gasteiger partial charge on any atom is -0.456 e. The molecule has 1 aliphatic carbocycles. The molecule has 0 spiro atoms. The van der Waals surface area contributed by atoms with Crippen LogP contribution >= 0.6 is 0 Å². The molecule has 1 aromatic rings. The number of ketones is 2. The first-order valence-electron chi connectivity index (χ1n) is 25.2. The van der Waals surface area contributed by atoms with Gasteiger partial charge in [0.25, 0.3) is 11.7 Å². The number of amides is 1. The summed E-state index contributed by atoms with van der Waals surface area (Å²) in [6, 6.07) is -1.19. The lowest BCUT2D eigenvalue weighted by Crippen LogP contribution is -2.64. The van der Waals surface area contributed by atoms with E-state index in [1.165, 1.54) is 19.1 Å². The number of carbonyl (C=O) groups excluding carboxylic acids is 4. The quantitative estimate of drug-likeness (QED) is 0.108. The number of hydrogen-bond acceptors (Lipinski definition) is 17. The lowest BCUT2D eigenvalue weighted by atomic mass is 9.81. The van der Waals surface area contributed by atoms with E-state index < -0.39 is 96.4 Å². The number of aromatic nitrogens is 3. The van der Waals surface area contributed by atoms with Crippen molar-refractivity contribution in [2.75, 3.05) is 41.0 Å². The van der Waals surface area contributed by atoms with Crippen LogP contribution in [-0.4, -0.2) is 170 Å². The molecule has 5 heterocycles. The van der Waals surface area contributed by atoms with Crippen molar-refractivity contribution in [3.8, 4) is 0 Å². The highest BCUT2D eigenvalue weighted by atomic mass is 16.7. The number of fused-ring (bicyclic) bond motifs is 4. The second-order valence-electron chi connectivity index (χ2n) is 20.5. The molecule has 3 fully saturated rings. The summed E-state index contributed by atoms with van der Waals surface area (Å²) in [7, 11) is 4.63. The smallest absolute Gasteiger partial charge is 0.329 e. The SMILES string of the molecule is CO[C@H]1C[C@@H](C)C/C(C)=C/[C@@H](C/C=C/CO)C(=O)C[C@H](O)[C@@H](C)[C@@H](/C(C)=C/[C@@H]2CC[C@@H](OC(O)N3CCn4cnnc4C3)[C@H](OC)C2)OC(=O)[C@@H]2CCCCN2C(=O)C(=O)[C@]2(O)O[C@H]1[C@@H](OC)C[C@H]2C. The van der Waals surface area contributed by atoms with E-state index in [-0.39, 0.29) is 56.5 Å². The minimum absolute atomic E-state index is 0.0405. The fourth-order valence-electron chi connectivity index (χ4n) is 11.2. The first-order valence-corrected chi connectivity index (χ1v) is 25.2. The van der Waals surface area contributed by atoms with Gasteiger partial charge >= 0.3 is 5.97 Å². The average molecular weight is 986 g/mol. The van der Waals surface area contributed by atoms with Crippen molar-refractivity contribution >= 4 is 23.4 Å². The van der Waals surface area contributed by atoms with Crippen molar-refractivity contribution in [3.05, 3.63) is 47.6 Å². The maximum absolute atomic E-state index is 14.6. The summed E-state index contributed by atoms with van der Waals surface area (Å²) < 4.78 is 38.5. The summed E-state index contributed by atoms with van der Waals surface area (Å²) in [6.07, 6.45) is 6.49. The Balaban J connectivity index is 1.30. The van der Waals surface area contributed by atoms with E-state index in [0.29, 0.717) is 70.2 Å². The molecule has 0 radical (unpaired) electrons. The molecule has 70 heavy (non-hydrogen) atoms. The molecular formula is C51H79N5O14. The molecule has 19 heteroatoms. The number of Topliss-reactive ketones (excluding diaryl/α,β-unsaturated/α-hetero) is 2. The summed E-state index contributed by atoms with van der Waals surface area (Å²) in [5, 5.41) is 52.9. The molecule has 0 aromatic carbocycles. The molecule has 5 aliphatic rings. The predicted octanol–water partition coefficient (Wildman–Crippen LogP) is 3.41. The first kappa shape index (κ1) is 55.6. The zero-order valence-corrected chi connectivity index (χ0v) is 42.4. The molecule has 6 rings (SSSR count). The van der Waals surface area contributed by atoms with Gasteiger partial charge in [0.15, 0.2) is 0 Å². The zero-order valence-electron chi connectivity index (χ0n) is 42.4. The van der Waals surface area contributed by atoms with Gasteiger partial charge in [-0.1, -0.05) is 50.6 Å². The standard InChI is InChI=1S/C51H79N5O14/c1-30-21-31(2)23-42(66-7)46-43(67-8)25-33(4)51(64,70-46)47(60)48(61)56-17-11-9-14-37(56)49(62)69-45(34(5)38(58)27-39(59)36(22-30)13-10-12-20-57)32(3)24-35-15-16-40(41(26-35)65-6)68-50(63)54-18-19-55-29-52-53-44(55)28-54/h10,12,22,24,29,31,33-38,40-43,45-46,50,57-58,63-64H,9,11,13-21,23,25-28H2,1-8H3/b12-10+,30-22+,32-24+/t31-,33+,34+,35-,36+,37-,38-,40+,41+,42-,43-,45+,46+,50?,51+/m0/s1. The third-order valence-corrected chi connectivity index (χ3v) is 15.4.